The molecule has 162 valence electrons. The van der Waals surface area contributed by atoms with Gasteiger partial charge in [0.1, 0.15) is 11.6 Å². The fraction of sp³-hybridized carbons (Fsp3) is 0.0870. The van der Waals surface area contributed by atoms with Crippen LogP contribution in [-0.4, -0.2) is 22.6 Å². The van der Waals surface area contributed by atoms with E-state index >= 15 is 0 Å². The van der Waals surface area contributed by atoms with Crippen LogP contribution in [-0.2, 0) is 7.05 Å². The molecule has 32 heavy (non-hydrogen) atoms. The van der Waals surface area contributed by atoms with Gasteiger partial charge in [0.05, 0.1) is 16.2 Å². The van der Waals surface area contributed by atoms with E-state index in [1.807, 2.05) is 6.07 Å². The topological polar surface area (TPSA) is 88.1 Å². The van der Waals surface area contributed by atoms with Gasteiger partial charge in [0, 0.05) is 48.6 Å². The van der Waals surface area contributed by atoms with Gasteiger partial charge in [-0.15, -0.1) is 0 Å². The number of halogens is 2. The highest BCUT2D eigenvalue weighted by molar-refractivity contribution is 6.33. The zero-order chi connectivity index (χ0) is 22.8. The molecule has 0 aliphatic rings. The van der Waals surface area contributed by atoms with Crippen molar-refractivity contribution in [1.29, 1.82) is 0 Å². The van der Waals surface area contributed by atoms with E-state index in [1.165, 1.54) is 10.6 Å². The minimum Gasteiger partial charge on any atom is -0.373 e. The molecule has 2 amide bonds. The molecule has 0 fully saturated rings. The number of pyridine rings is 2. The van der Waals surface area contributed by atoms with Gasteiger partial charge in [-0.3, -0.25) is 4.79 Å². The number of aromatic nitrogens is 2. The van der Waals surface area contributed by atoms with Crippen LogP contribution in [0.15, 0.2) is 65.6 Å². The maximum absolute atomic E-state index is 14.5. The zero-order valence-corrected chi connectivity index (χ0v) is 18.0. The average Bonchev–Trinajstić information content (AvgIpc) is 2.78. The van der Waals surface area contributed by atoms with Crippen molar-refractivity contribution in [3.05, 3.63) is 82.0 Å². The van der Waals surface area contributed by atoms with E-state index in [4.69, 9.17) is 11.6 Å². The maximum atomic E-state index is 14.5. The Kier molecular flexibility index (Phi) is 5.79. The number of urea groups is 1. The molecule has 4 rings (SSSR count). The van der Waals surface area contributed by atoms with Gasteiger partial charge in [0.2, 0.25) is 0 Å². The number of aryl methyl sites for hydroxylation is 1. The van der Waals surface area contributed by atoms with Crippen molar-refractivity contribution >= 4 is 45.7 Å². The monoisotopic (exact) mass is 451 g/mol. The number of anilines is 3. The smallest absolute Gasteiger partial charge is 0.323 e. The third kappa shape index (κ3) is 4.13. The van der Waals surface area contributed by atoms with Crippen LogP contribution in [0.25, 0.3) is 22.0 Å². The molecule has 3 N–H and O–H groups in total. The first-order valence-corrected chi connectivity index (χ1v) is 10.0. The number of amides is 2. The van der Waals surface area contributed by atoms with Crippen molar-refractivity contribution in [2.24, 2.45) is 7.05 Å². The number of hydrogen-bond donors (Lipinski definition) is 3. The van der Waals surface area contributed by atoms with Crippen molar-refractivity contribution in [3.8, 4) is 11.1 Å². The van der Waals surface area contributed by atoms with E-state index in [9.17, 15) is 14.0 Å². The molecule has 0 saturated carbocycles. The summed E-state index contributed by atoms with van der Waals surface area (Å²) in [7, 11) is 3.37. The molecule has 0 atom stereocenters. The van der Waals surface area contributed by atoms with Crippen LogP contribution in [0.5, 0.6) is 0 Å². The number of benzene rings is 2. The molecule has 0 radical (unpaired) electrons. The fourth-order valence-corrected chi connectivity index (χ4v) is 3.60. The van der Waals surface area contributed by atoms with Gasteiger partial charge in [-0.2, -0.15) is 0 Å². The Labute approximate surface area is 187 Å². The Morgan fingerprint density at radius 3 is 2.53 bits per heavy atom. The Morgan fingerprint density at radius 1 is 1.06 bits per heavy atom. The second kappa shape index (κ2) is 8.68. The van der Waals surface area contributed by atoms with E-state index in [-0.39, 0.29) is 21.8 Å². The fourth-order valence-electron chi connectivity index (χ4n) is 3.35. The van der Waals surface area contributed by atoms with Gasteiger partial charge < -0.3 is 20.5 Å². The second-order valence-electron chi connectivity index (χ2n) is 7.06. The summed E-state index contributed by atoms with van der Waals surface area (Å²) in [6, 6.07) is 13.9. The first-order valence-electron chi connectivity index (χ1n) is 9.67. The molecule has 0 spiro atoms. The molecule has 4 aromatic rings. The molecule has 7 nitrogen and oxygen atoms in total. The molecule has 2 aromatic heterocycles. The van der Waals surface area contributed by atoms with Crippen LogP contribution in [0.4, 0.5) is 26.4 Å². The summed E-state index contributed by atoms with van der Waals surface area (Å²) in [4.78, 5) is 29.7. The standard InChI is InChI=1S/C23H19ClFN5O2/c1-26-21-11-20-13(12-27-21)8-16(22(31)30(20)2)15-9-19(18(25)10-17(15)24)29-23(32)28-14-6-4-3-5-7-14/h3-12H,1-2H3,(H,26,27)(H2,28,29,32). The maximum Gasteiger partial charge on any atom is 0.323 e. The van der Waals surface area contributed by atoms with Crippen LogP contribution in [0.1, 0.15) is 0 Å². The van der Waals surface area contributed by atoms with Crippen molar-refractivity contribution in [2.45, 2.75) is 0 Å². The summed E-state index contributed by atoms with van der Waals surface area (Å²) in [6.07, 6.45) is 1.63. The highest BCUT2D eigenvalue weighted by atomic mass is 35.5. The van der Waals surface area contributed by atoms with Crippen LogP contribution in [0.2, 0.25) is 5.02 Å². The lowest BCUT2D eigenvalue weighted by Gasteiger charge is -2.14. The SMILES string of the molecule is CNc1cc2c(cn1)cc(-c1cc(NC(=O)Nc3ccccc3)c(F)cc1Cl)c(=O)n2C. The van der Waals surface area contributed by atoms with Gasteiger partial charge in [0.15, 0.2) is 0 Å². The van der Waals surface area contributed by atoms with Crippen molar-refractivity contribution in [2.75, 3.05) is 23.0 Å². The molecular weight excluding hydrogens is 433 g/mol. The largest absolute Gasteiger partial charge is 0.373 e. The number of carbonyl (C=O) groups excluding carboxylic acids is 1. The number of nitrogens with one attached hydrogen (secondary N) is 3. The summed E-state index contributed by atoms with van der Waals surface area (Å²) in [6.45, 7) is 0. The number of rotatable bonds is 4. The van der Waals surface area contributed by atoms with E-state index in [0.29, 0.717) is 28.0 Å². The minimum absolute atomic E-state index is 0.0489. The first kappa shape index (κ1) is 21.3. The molecule has 0 aliphatic carbocycles. The third-order valence-corrected chi connectivity index (χ3v) is 5.30. The Hall–Kier alpha value is -3.91. The van der Waals surface area contributed by atoms with Gasteiger partial charge in [0.25, 0.3) is 5.56 Å². The van der Waals surface area contributed by atoms with E-state index < -0.39 is 11.8 Å². The highest BCUT2D eigenvalue weighted by Crippen LogP contribution is 2.32. The Balaban J connectivity index is 1.74. The molecule has 0 aliphatic heterocycles. The van der Waals surface area contributed by atoms with E-state index in [0.717, 1.165) is 6.07 Å². The Morgan fingerprint density at radius 2 is 1.81 bits per heavy atom. The average molecular weight is 452 g/mol. The van der Waals surface area contributed by atoms with Gasteiger partial charge >= 0.3 is 6.03 Å². The lowest BCUT2D eigenvalue weighted by atomic mass is 10.0. The van der Waals surface area contributed by atoms with Gasteiger partial charge in [-0.1, -0.05) is 29.8 Å². The number of para-hydroxylation sites is 1. The first-order chi connectivity index (χ1) is 15.4. The van der Waals surface area contributed by atoms with Crippen molar-refractivity contribution in [1.82, 2.24) is 9.55 Å². The van der Waals surface area contributed by atoms with Crippen LogP contribution < -0.4 is 21.5 Å². The summed E-state index contributed by atoms with van der Waals surface area (Å²) >= 11 is 6.28. The summed E-state index contributed by atoms with van der Waals surface area (Å²) in [5, 5.41) is 8.78. The normalized spacial score (nSPS) is 10.8. The predicted octanol–water partition coefficient (Wildman–Crippen LogP) is 5.08. The predicted molar refractivity (Wildman–Crippen MR) is 126 cm³/mol. The lowest BCUT2D eigenvalue weighted by Crippen LogP contribution is -2.21. The van der Waals surface area contributed by atoms with E-state index in [2.05, 4.69) is 20.9 Å². The number of carbonyl (C=O) groups is 1. The van der Waals surface area contributed by atoms with Gasteiger partial charge in [-0.25, -0.2) is 14.2 Å². The molecule has 0 bridgehead atoms. The van der Waals surface area contributed by atoms with Crippen LogP contribution in [0, 0.1) is 5.82 Å². The summed E-state index contributed by atoms with van der Waals surface area (Å²) in [5.74, 6) is -0.101. The number of fused-ring (bicyclic) bond motifs is 1. The molecule has 2 heterocycles. The third-order valence-electron chi connectivity index (χ3n) is 4.99. The lowest BCUT2D eigenvalue weighted by molar-refractivity contribution is 0.262. The quantitative estimate of drug-likeness (QED) is 0.404. The molecule has 2 aromatic carbocycles. The van der Waals surface area contributed by atoms with Crippen LogP contribution in [0.3, 0.4) is 0 Å². The number of hydrogen-bond acceptors (Lipinski definition) is 4. The molecule has 9 heteroatoms. The van der Waals surface area contributed by atoms with Crippen molar-refractivity contribution < 1.29 is 9.18 Å². The molecule has 0 saturated heterocycles. The second-order valence-corrected chi connectivity index (χ2v) is 7.46. The molecule has 0 unspecified atom stereocenters. The summed E-state index contributed by atoms with van der Waals surface area (Å²) < 4.78 is 16.0. The Bertz CT molecular complexity index is 1390. The van der Waals surface area contributed by atoms with Gasteiger partial charge in [-0.05, 0) is 30.3 Å². The summed E-state index contributed by atoms with van der Waals surface area (Å²) in [5.41, 5.74) is 1.36. The number of nitrogens with zero attached hydrogens (tertiary/aromatic N) is 2. The van der Waals surface area contributed by atoms with Crippen LogP contribution >= 0.6 is 11.6 Å². The minimum atomic E-state index is -0.722. The highest BCUT2D eigenvalue weighted by Gasteiger charge is 2.17. The van der Waals surface area contributed by atoms with E-state index in [1.54, 1.807) is 56.7 Å². The van der Waals surface area contributed by atoms with Crippen molar-refractivity contribution in [3.63, 3.8) is 0 Å². The molecular formula is C23H19ClFN5O2. The zero-order valence-electron chi connectivity index (χ0n) is 17.2.